The Kier molecular flexibility index (Phi) is 6.74. The molecule has 0 radical (unpaired) electrons. The third-order valence-electron chi connectivity index (χ3n) is 6.74. The summed E-state index contributed by atoms with van der Waals surface area (Å²) < 4.78 is 31.9. The van der Waals surface area contributed by atoms with Crippen molar-refractivity contribution in [2.24, 2.45) is 0 Å². The van der Waals surface area contributed by atoms with E-state index in [9.17, 15) is 18.3 Å². The first-order valence-electron chi connectivity index (χ1n) is 12.2. The van der Waals surface area contributed by atoms with E-state index in [1.54, 1.807) is 23.4 Å². The number of rotatable bonds is 6. The van der Waals surface area contributed by atoms with E-state index in [-0.39, 0.29) is 17.4 Å². The van der Waals surface area contributed by atoms with Gasteiger partial charge in [0.1, 0.15) is 12.4 Å². The summed E-state index contributed by atoms with van der Waals surface area (Å²) in [7, 11) is -3.36. The zero-order valence-corrected chi connectivity index (χ0v) is 21.7. The summed E-state index contributed by atoms with van der Waals surface area (Å²) >= 11 is 0. The molecule has 1 aliphatic rings. The summed E-state index contributed by atoms with van der Waals surface area (Å²) in [5, 5.41) is 9.26. The molecule has 0 bridgehead atoms. The number of fused-ring (bicyclic) bond motifs is 2. The van der Waals surface area contributed by atoms with Gasteiger partial charge < -0.3 is 19.3 Å². The van der Waals surface area contributed by atoms with Crippen LogP contribution in [0.15, 0.2) is 65.8 Å². The van der Waals surface area contributed by atoms with E-state index in [2.05, 4.69) is 4.98 Å². The van der Waals surface area contributed by atoms with Gasteiger partial charge in [0.15, 0.2) is 9.84 Å². The van der Waals surface area contributed by atoms with Crippen LogP contribution in [0.2, 0.25) is 0 Å². The van der Waals surface area contributed by atoms with Crippen LogP contribution in [0.5, 0.6) is 5.75 Å². The standard InChI is InChI=1S/C28H29N3O5S/c1-3-19-15-23(37(2,34)35)6-7-24(19)28(33)30-11-13-36-27-9-5-20(14-22(27)17-30)21-4-8-26-25(16-21)29-18-31(26)10-12-32/h4-9,14-16,18,32H,3,10-13,17H2,1-2H3. The maximum absolute atomic E-state index is 13.6. The van der Waals surface area contributed by atoms with Crippen LogP contribution in [-0.2, 0) is 29.3 Å². The molecule has 1 amide bonds. The number of hydrogen-bond acceptors (Lipinski definition) is 6. The van der Waals surface area contributed by atoms with Crippen molar-refractivity contribution in [2.45, 2.75) is 31.3 Å². The van der Waals surface area contributed by atoms with Gasteiger partial charge in [0, 0.05) is 30.5 Å². The third-order valence-corrected chi connectivity index (χ3v) is 7.85. The quantitative estimate of drug-likeness (QED) is 0.417. The van der Waals surface area contributed by atoms with Crippen molar-refractivity contribution < 1.29 is 23.1 Å². The van der Waals surface area contributed by atoms with E-state index in [0.29, 0.717) is 43.8 Å². The van der Waals surface area contributed by atoms with Crippen molar-refractivity contribution in [3.05, 3.63) is 77.6 Å². The lowest BCUT2D eigenvalue weighted by molar-refractivity contribution is 0.0732. The molecule has 0 aliphatic carbocycles. The van der Waals surface area contributed by atoms with E-state index in [4.69, 9.17) is 4.74 Å². The summed E-state index contributed by atoms with van der Waals surface area (Å²) in [4.78, 5) is 20.0. The maximum Gasteiger partial charge on any atom is 0.254 e. The zero-order chi connectivity index (χ0) is 26.2. The van der Waals surface area contributed by atoms with Crippen LogP contribution >= 0.6 is 0 Å². The molecule has 1 aromatic heterocycles. The number of aliphatic hydroxyl groups excluding tert-OH is 1. The molecule has 8 nitrogen and oxygen atoms in total. The number of amides is 1. The molecular weight excluding hydrogens is 490 g/mol. The molecule has 192 valence electrons. The van der Waals surface area contributed by atoms with Crippen LogP contribution in [0.3, 0.4) is 0 Å². The van der Waals surface area contributed by atoms with Gasteiger partial charge in [-0.1, -0.05) is 19.1 Å². The first-order valence-corrected chi connectivity index (χ1v) is 14.1. The molecule has 0 unspecified atom stereocenters. The average Bonchev–Trinajstić information content (AvgIpc) is 3.16. The van der Waals surface area contributed by atoms with Gasteiger partial charge in [0.05, 0.1) is 35.4 Å². The Morgan fingerprint density at radius 1 is 1.08 bits per heavy atom. The normalized spacial score (nSPS) is 13.8. The highest BCUT2D eigenvalue weighted by Crippen LogP contribution is 2.31. The van der Waals surface area contributed by atoms with Gasteiger partial charge in [-0.25, -0.2) is 13.4 Å². The van der Waals surface area contributed by atoms with Crippen molar-refractivity contribution in [1.29, 1.82) is 0 Å². The molecule has 37 heavy (non-hydrogen) atoms. The number of aliphatic hydroxyl groups is 1. The monoisotopic (exact) mass is 519 g/mol. The number of aryl methyl sites for hydroxylation is 1. The van der Waals surface area contributed by atoms with Gasteiger partial charge in [0.2, 0.25) is 0 Å². The van der Waals surface area contributed by atoms with Crippen LogP contribution in [0.25, 0.3) is 22.2 Å². The molecule has 4 aromatic rings. The molecule has 0 spiro atoms. The second-order valence-electron chi connectivity index (χ2n) is 9.21. The molecule has 3 aromatic carbocycles. The maximum atomic E-state index is 13.6. The predicted octanol–water partition coefficient (Wildman–Crippen LogP) is 3.70. The molecule has 9 heteroatoms. The minimum atomic E-state index is -3.36. The molecular formula is C28H29N3O5S. The number of carbonyl (C=O) groups is 1. The molecule has 0 atom stereocenters. The number of ether oxygens (including phenoxy) is 1. The first kappa shape index (κ1) is 25.0. The molecule has 5 rings (SSSR count). The van der Waals surface area contributed by atoms with E-state index in [1.165, 1.54) is 12.3 Å². The lowest BCUT2D eigenvalue weighted by atomic mass is 10.0. The van der Waals surface area contributed by atoms with Crippen LogP contribution in [0.1, 0.15) is 28.4 Å². The van der Waals surface area contributed by atoms with E-state index in [0.717, 1.165) is 33.5 Å². The third kappa shape index (κ3) is 4.97. The topological polar surface area (TPSA) is 102 Å². The predicted molar refractivity (Wildman–Crippen MR) is 141 cm³/mol. The van der Waals surface area contributed by atoms with Crippen molar-refractivity contribution in [3.63, 3.8) is 0 Å². The Labute approximate surface area is 216 Å². The van der Waals surface area contributed by atoms with Gasteiger partial charge in [-0.3, -0.25) is 4.79 Å². The van der Waals surface area contributed by atoms with Gasteiger partial charge in [0.25, 0.3) is 5.91 Å². The Morgan fingerprint density at radius 3 is 2.62 bits per heavy atom. The van der Waals surface area contributed by atoms with Crippen molar-refractivity contribution in [2.75, 3.05) is 26.0 Å². The highest BCUT2D eigenvalue weighted by atomic mass is 32.2. The fourth-order valence-electron chi connectivity index (χ4n) is 4.75. The Bertz CT molecular complexity index is 1590. The van der Waals surface area contributed by atoms with Gasteiger partial charge in [-0.2, -0.15) is 0 Å². The second-order valence-corrected chi connectivity index (χ2v) is 11.2. The van der Waals surface area contributed by atoms with Crippen molar-refractivity contribution >= 4 is 26.8 Å². The van der Waals surface area contributed by atoms with Gasteiger partial charge in [-0.15, -0.1) is 0 Å². The Hall–Kier alpha value is -3.69. The molecule has 1 N–H and O–H groups in total. The minimum absolute atomic E-state index is 0.0504. The second kappa shape index (κ2) is 9.99. The highest BCUT2D eigenvalue weighted by Gasteiger charge is 2.24. The summed E-state index contributed by atoms with van der Waals surface area (Å²) in [6.07, 6.45) is 3.44. The average molecular weight is 520 g/mol. The van der Waals surface area contributed by atoms with E-state index in [1.807, 2.05) is 47.9 Å². The molecule has 0 saturated carbocycles. The van der Waals surface area contributed by atoms with E-state index < -0.39 is 9.84 Å². The molecule has 0 saturated heterocycles. The first-order chi connectivity index (χ1) is 17.8. The number of hydrogen-bond donors (Lipinski definition) is 1. The molecule has 1 aliphatic heterocycles. The van der Waals surface area contributed by atoms with Gasteiger partial charge in [-0.05, 0) is 65.6 Å². The summed E-state index contributed by atoms with van der Waals surface area (Å²) in [6.45, 7) is 3.63. The number of sulfone groups is 1. The molecule has 0 fully saturated rings. The fourth-order valence-corrected chi connectivity index (χ4v) is 5.42. The largest absolute Gasteiger partial charge is 0.491 e. The number of benzene rings is 3. The van der Waals surface area contributed by atoms with Crippen LogP contribution in [0, 0.1) is 0 Å². The number of aromatic nitrogens is 2. The Morgan fingerprint density at radius 2 is 1.86 bits per heavy atom. The van der Waals surface area contributed by atoms with Crippen LogP contribution in [0.4, 0.5) is 0 Å². The Balaban J connectivity index is 1.44. The summed E-state index contributed by atoms with van der Waals surface area (Å²) in [5.41, 5.74) is 5.91. The fraction of sp³-hybridized carbons (Fsp3) is 0.286. The van der Waals surface area contributed by atoms with Crippen LogP contribution in [-0.4, -0.2) is 59.9 Å². The SMILES string of the molecule is CCc1cc(S(C)(=O)=O)ccc1C(=O)N1CCOc2ccc(-c3ccc4c(c3)ncn4CCO)cc2C1. The number of imidazole rings is 1. The van der Waals surface area contributed by atoms with Crippen molar-refractivity contribution in [3.8, 4) is 16.9 Å². The molecule has 2 heterocycles. The van der Waals surface area contributed by atoms with E-state index >= 15 is 0 Å². The summed E-state index contributed by atoms with van der Waals surface area (Å²) in [6, 6.07) is 16.7. The highest BCUT2D eigenvalue weighted by molar-refractivity contribution is 7.90. The smallest absolute Gasteiger partial charge is 0.254 e. The minimum Gasteiger partial charge on any atom is -0.491 e. The van der Waals surface area contributed by atoms with Crippen LogP contribution < -0.4 is 4.74 Å². The zero-order valence-electron chi connectivity index (χ0n) is 20.8. The number of nitrogens with zero attached hydrogens (tertiary/aromatic N) is 3. The van der Waals surface area contributed by atoms with Crippen molar-refractivity contribution in [1.82, 2.24) is 14.5 Å². The van der Waals surface area contributed by atoms with Gasteiger partial charge >= 0.3 is 0 Å². The number of carbonyl (C=O) groups excluding carboxylic acids is 1. The summed E-state index contributed by atoms with van der Waals surface area (Å²) in [5.74, 6) is 0.602. The lowest BCUT2D eigenvalue weighted by Gasteiger charge is -2.22. The lowest BCUT2D eigenvalue weighted by Crippen LogP contribution is -2.33.